The molecule has 0 saturated carbocycles. The Hall–Kier alpha value is -3.41. The van der Waals surface area contributed by atoms with Crippen LogP contribution in [0.3, 0.4) is 0 Å². The molecular formula is C24H25N3O3. The maximum atomic E-state index is 13.3. The second kappa shape index (κ2) is 7.78. The van der Waals surface area contributed by atoms with Crippen molar-refractivity contribution in [2.24, 2.45) is 0 Å². The van der Waals surface area contributed by atoms with E-state index in [9.17, 15) is 9.59 Å². The average molecular weight is 403 g/mol. The molecule has 0 saturated heterocycles. The summed E-state index contributed by atoms with van der Waals surface area (Å²) < 4.78 is 7.20. The Labute approximate surface area is 175 Å². The van der Waals surface area contributed by atoms with Crippen LogP contribution in [0.4, 0.5) is 5.82 Å². The number of aryl methyl sites for hydroxylation is 3. The minimum Gasteiger partial charge on any atom is -0.494 e. The highest BCUT2D eigenvalue weighted by molar-refractivity contribution is 6.08. The predicted molar refractivity (Wildman–Crippen MR) is 116 cm³/mol. The zero-order chi connectivity index (χ0) is 21.4. The van der Waals surface area contributed by atoms with Gasteiger partial charge in [-0.2, -0.15) is 5.10 Å². The molecule has 0 spiro atoms. The monoisotopic (exact) mass is 403 g/mol. The Kier molecular flexibility index (Phi) is 5.16. The van der Waals surface area contributed by atoms with E-state index in [1.807, 2.05) is 39.8 Å². The van der Waals surface area contributed by atoms with Crippen LogP contribution in [0.2, 0.25) is 0 Å². The van der Waals surface area contributed by atoms with E-state index in [0.29, 0.717) is 18.0 Å². The SMILES string of the molecule is CCOc1ccc(C(=O)C2CC(=O)Nc3c2c(C)nn3-c2cc(C)cc(C)c2)cc1. The summed E-state index contributed by atoms with van der Waals surface area (Å²) in [6.45, 7) is 8.41. The second-order valence-corrected chi connectivity index (χ2v) is 7.73. The first-order valence-electron chi connectivity index (χ1n) is 10.1. The second-order valence-electron chi connectivity index (χ2n) is 7.73. The van der Waals surface area contributed by atoms with Crippen LogP contribution in [-0.4, -0.2) is 28.1 Å². The zero-order valence-electron chi connectivity index (χ0n) is 17.7. The summed E-state index contributed by atoms with van der Waals surface area (Å²) in [5.41, 5.74) is 5.17. The smallest absolute Gasteiger partial charge is 0.226 e. The summed E-state index contributed by atoms with van der Waals surface area (Å²) in [6, 6.07) is 13.2. The third-order valence-corrected chi connectivity index (χ3v) is 5.32. The van der Waals surface area contributed by atoms with Crippen molar-refractivity contribution >= 4 is 17.5 Å². The molecule has 30 heavy (non-hydrogen) atoms. The number of rotatable bonds is 5. The third kappa shape index (κ3) is 3.61. The van der Waals surface area contributed by atoms with Gasteiger partial charge in [0.25, 0.3) is 0 Å². The fourth-order valence-corrected chi connectivity index (χ4v) is 4.11. The normalized spacial score (nSPS) is 15.5. The number of aromatic nitrogens is 2. The molecule has 154 valence electrons. The fraction of sp³-hybridized carbons (Fsp3) is 0.292. The summed E-state index contributed by atoms with van der Waals surface area (Å²) in [4.78, 5) is 25.8. The molecule has 0 aliphatic carbocycles. The molecule has 4 rings (SSSR count). The molecule has 1 atom stereocenters. The Morgan fingerprint density at radius 1 is 1.13 bits per heavy atom. The number of hydrogen-bond acceptors (Lipinski definition) is 4. The topological polar surface area (TPSA) is 73.2 Å². The fourth-order valence-electron chi connectivity index (χ4n) is 4.11. The number of ether oxygens (including phenoxy) is 1. The van der Waals surface area contributed by atoms with Gasteiger partial charge in [-0.25, -0.2) is 4.68 Å². The average Bonchev–Trinajstić information content (AvgIpc) is 3.03. The quantitative estimate of drug-likeness (QED) is 0.637. The molecule has 1 aliphatic heterocycles. The van der Waals surface area contributed by atoms with Crippen molar-refractivity contribution in [3.63, 3.8) is 0 Å². The van der Waals surface area contributed by atoms with Gasteiger partial charge in [0.15, 0.2) is 5.78 Å². The van der Waals surface area contributed by atoms with Gasteiger partial charge in [-0.3, -0.25) is 9.59 Å². The van der Waals surface area contributed by atoms with Gasteiger partial charge in [0.2, 0.25) is 5.91 Å². The molecule has 1 N–H and O–H groups in total. The summed E-state index contributed by atoms with van der Waals surface area (Å²) in [5.74, 6) is 0.467. The number of nitrogens with zero attached hydrogens (tertiary/aromatic N) is 2. The van der Waals surface area contributed by atoms with E-state index in [1.54, 1.807) is 28.9 Å². The molecule has 1 amide bonds. The number of ketones is 1. The summed E-state index contributed by atoms with van der Waals surface area (Å²) >= 11 is 0. The molecule has 6 nitrogen and oxygen atoms in total. The first kappa shape index (κ1) is 19.9. The Bertz CT molecular complexity index is 1110. The van der Waals surface area contributed by atoms with Crippen LogP contribution in [0.1, 0.15) is 52.0 Å². The standard InChI is InChI=1S/C24H25N3O3/c1-5-30-19-8-6-17(7-9-19)23(29)20-13-21(28)25-24-22(20)16(4)26-27(24)18-11-14(2)10-15(3)12-18/h6-12,20H,5,13H2,1-4H3,(H,25,28). The van der Waals surface area contributed by atoms with Crippen LogP contribution < -0.4 is 10.1 Å². The van der Waals surface area contributed by atoms with Crippen molar-refractivity contribution in [2.75, 3.05) is 11.9 Å². The molecule has 0 fully saturated rings. The summed E-state index contributed by atoms with van der Waals surface area (Å²) in [6.07, 6.45) is 0.110. The molecular weight excluding hydrogens is 378 g/mol. The molecule has 0 bridgehead atoms. The maximum absolute atomic E-state index is 13.3. The summed E-state index contributed by atoms with van der Waals surface area (Å²) in [5, 5.41) is 7.61. The predicted octanol–water partition coefficient (Wildman–Crippen LogP) is 4.50. The number of Topliss-reactive ketones (excluding diaryl/α,β-unsaturated/α-hetero) is 1. The van der Waals surface area contributed by atoms with E-state index in [4.69, 9.17) is 4.74 Å². The third-order valence-electron chi connectivity index (χ3n) is 5.32. The molecule has 2 heterocycles. The lowest BCUT2D eigenvalue weighted by atomic mass is 9.85. The molecule has 3 aromatic rings. The molecule has 6 heteroatoms. The van der Waals surface area contributed by atoms with Crippen molar-refractivity contribution in [1.29, 1.82) is 0 Å². The number of carbonyl (C=O) groups excluding carboxylic acids is 2. The van der Waals surface area contributed by atoms with Crippen LogP contribution in [0.5, 0.6) is 5.75 Å². The van der Waals surface area contributed by atoms with Gasteiger partial charge in [-0.15, -0.1) is 0 Å². The molecule has 0 radical (unpaired) electrons. The van der Waals surface area contributed by atoms with Crippen molar-refractivity contribution in [1.82, 2.24) is 9.78 Å². The van der Waals surface area contributed by atoms with Crippen LogP contribution in [0, 0.1) is 20.8 Å². The number of nitrogens with one attached hydrogen (secondary N) is 1. The van der Waals surface area contributed by atoms with Crippen LogP contribution in [0.15, 0.2) is 42.5 Å². The minimum absolute atomic E-state index is 0.0859. The lowest BCUT2D eigenvalue weighted by molar-refractivity contribution is -0.116. The van der Waals surface area contributed by atoms with E-state index >= 15 is 0 Å². The van der Waals surface area contributed by atoms with Gasteiger partial charge in [0.1, 0.15) is 11.6 Å². The van der Waals surface area contributed by atoms with Crippen molar-refractivity contribution < 1.29 is 14.3 Å². The first-order valence-corrected chi connectivity index (χ1v) is 10.1. The highest BCUT2D eigenvalue weighted by Gasteiger charge is 2.36. The Morgan fingerprint density at radius 3 is 2.43 bits per heavy atom. The molecule has 1 unspecified atom stereocenters. The number of fused-ring (bicyclic) bond motifs is 1. The number of amides is 1. The van der Waals surface area contributed by atoms with E-state index in [-0.39, 0.29) is 18.1 Å². The van der Waals surface area contributed by atoms with E-state index in [1.165, 1.54) is 0 Å². The van der Waals surface area contributed by atoms with Crippen LogP contribution in [0.25, 0.3) is 5.69 Å². The van der Waals surface area contributed by atoms with Crippen LogP contribution in [-0.2, 0) is 4.79 Å². The van der Waals surface area contributed by atoms with Gasteiger partial charge in [-0.1, -0.05) is 6.07 Å². The highest BCUT2D eigenvalue weighted by atomic mass is 16.5. The van der Waals surface area contributed by atoms with Gasteiger partial charge in [0.05, 0.1) is 23.9 Å². The lowest BCUT2D eigenvalue weighted by Crippen LogP contribution is -2.28. The van der Waals surface area contributed by atoms with Gasteiger partial charge >= 0.3 is 0 Å². The Morgan fingerprint density at radius 2 is 1.80 bits per heavy atom. The van der Waals surface area contributed by atoms with Gasteiger partial charge in [-0.05, 0) is 75.2 Å². The van der Waals surface area contributed by atoms with Gasteiger partial charge in [0, 0.05) is 17.5 Å². The van der Waals surface area contributed by atoms with Crippen LogP contribution >= 0.6 is 0 Å². The van der Waals surface area contributed by atoms with E-state index < -0.39 is 5.92 Å². The number of anilines is 1. The Balaban J connectivity index is 1.76. The minimum atomic E-state index is -0.564. The highest BCUT2D eigenvalue weighted by Crippen LogP contribution is 2.38. The summed E-state index contributed by atoms with van der Waals surface area (Å²) in [7, 11) is 0. The number of benzene rings is 2. The molecule has 1 aromatic heterocycles. The van der Waals surface area contributed by atoms with Crippen molar-refractivity contribution in [2.45, 2.75) is 40.0 Å². The molecule has 2 aromatic carbocycles. The van der Waals surface area contributed by atoms with Crippen molar-refractivity contribution in [3.8, 4) is 11.4 Å². The lowest BCUT2D eigenvalue weighted by Gasteiger charge is -2.23. The van der Waals surface area contributed by atoms with Gasteiger partial charge < -0.3 is 10.1 Å². The largest absolute Gasteiger partial charge is 0.494 e. The van der Waals surface area contributed by atoms with E-state index in [2.05, 4.69) is 16.5 Å². The van der Waals surface area contributed by atoms with Crippen molar-refractivity contribution in [3.05, 3.63) is 70.4 Å². The first-order chi connectivity index (χ1) is 14.4. The molecule has 1 aliphatic rings. The van der Waals surface area contributed by atoms with E-state index in [0.717, 1.165) is 33.8 Å². The maximum Gasteiger partial charge on any atom is 0.226 e. The number of carbonyl (C=O) groups is 2. The number of hydrogen-bond donors (Lipinski definition) is 1. The zero-order valence-corrected chi connectivity index (χ0v) is 17.7.